The lowest BCUT2D eigenvalue weighted by Crippen LogP contribution is -2.32. The molecule has 2 aromatic rings. The molecule has 0 saturated carbocycles. The van der Waals surface area contributed by atoms with E-state index < -0.39 is 11.6 Å². The zero-order valence-corrected chi connectivity index (χ0v) is 14.6. The normalized spacial score (nSPS) is 15.9. The van der Waals surface area contributed by atoms with E-state index in [1.807, 2.05) is 0 Å². The van der Waals surface area contributed by atoms with E-state index in [2.05, 4.69) is 10.3 Å². The minimum Gasteiger partial charge on any atom is -0.352 e. The van der Waals surface area contributed by atoms with Gasteiger partial charge >= 0.3 is 0 Å². The Balaban J connectivity index is 1.70. The first-order valence-electron chi connectivity index (χ1n) is 7.80. The summed E-state index contributed by atoms with van der Waals surface area (Å²) >= 11 is 1.43. The first-order valence-corrected chi connectivity index (χ1v) is 8.79. The molecule has 2 heterocycles. The Bertz CT molecular complexity index is 878. The number of aryl methyl sites for hydroxylation is 1. The van der Waals surface area contributed by atoms with E-state index in [9.17, 15) is 18.4 Å². The van der Waals surface area contributed by atoms with Gasteiger partial charge in [0, 0.05) is 35.5 Å². The Hall–Kier alpha value is -2.22. The van der Waals surface area contributed by atoms with Crippen LogP contribution in [0.5, 0.6) is 0 Å². The molecule has 1 atom stereocenters. The van der Waals surface area contributed by atoms with Crippen LogP contribution in [0.25, 0.3) is 0 Å². The van der Waals surface area contributed by atoms with E-state index in [1.54, 1.807) is 13.8 Å². The van der Waals surface area contributed by atoms with Crippen molar-refractivity contribution in [3.05, 3.63) is 57.0 Å². The van der Waals surface area contributed by atoms with Crippen molar-refractivity contribution in [1.82, 2.24) is 14.9 Å². The molecule has 1 unspecified atom stereocenters. The predicted molar refractivity (Wildman–Crippen MR) is 90.6 cm³/mol. The summed E-state index contributed by atoms with van der Waals surface area (Å²) in [7, 11) is 0. The molecule has 25 heavy (non-hydrogen) atoms. The van der Waals surface area contributed by atoms with Crippen LogP contribution in [-0.4, -0.2) is 21.2 Å². The van der Waals surface area contributed by atoms with Crippen molar-refractivity contribution >= 4 is 17.7 Å². The van der Waals surface area contributed by atoms with Crippen molar-refractivity contribution in [2.24, 2.45) is 0 Å². The van der Waals surface area contributed by atoms with Gasteiger partial charge in [0.2, 0.25) is 5.91 Å². The third-order valence-corrected chi connectivity index (χ3v) is 5.36. The molecule has 132 valence electrons. The van der Waals surface area contributed by atoms with Crippen molar-refractivity contribution in [2.45, 2.75) is 38.0 Å². The third-order valence-electron chi connectivity index (χ3n) is 4.27. The Morgan fingerprint density at radius 3 is 2.72 bits per heavy atom. The van der Waals surface area contributed by atoms with Gasteiger partial charge in [0.25, 0.3) is 5.56 Å². The van der Waals surface area contributed by atoms with Gasteiger partial charge in [0.05, 0.1) is 6.04 Å². The van der Waals surface area contributed by atoms with Crippen LogP contribution in [0.2, 0.25) is 0 Å². The highest BCUT2D eigenvalue weighted by Crippen LogP contribution is 2.32. The maximum atomic E-state index is 13.6. The number of thioether (sulfide) groups is 1. The molecule has 1 aromatic heterocycles. The Morgan fingerprint density at radius 2 is 2.04 bits per heavy atom. The van der Waals surface area contributed by atoms with E-state index in [0.717, 1.165) is 12.1 Å². The maximum Gasteiger partial charge on any atom is 0.257 e. The first-order chi connectivity index (χ1) is 11.9. The lowest BCUT2D eigenvalue weighted by Gasteiger charge is -2.14. The Morgan fingerprint density at radius 1 is 1.36 bits per heavy atom. The first kappa shape index (κ1) is 17.6. The zero-order chi connectivity index (χ0) is 18.1. The standard InChI is InChI=1S/C17H17F2N3O2S/c1-9-10(2)21-17-22(16(9)24)11(8-25-17)6-15(23)20-7-12-13(18)4-3-5-14(12)19/h3-5,11H,6-8H2,1-2H3,(H,20,23). The molecule has 8 heteroatoms. The number of hydrogen-bond donors (Lipinski definition) is 1. The van der Waals surface area contributed by atoms with Gasteiger partial charge in [-0.15, -0.1) is 0 Å². The molecule has 0 saturated heterocycles. The fourth-order valence-electron chi connectivity index (χ4n) is 2.70. The van der Waals surface area contributed by atoms with Crippen LogP contribution in [0, 0.1) is 25.5 Å². The van der Waals surface area contributed by atoms with Crippen LogP contribution in [-0.2, 0) is 11.3 Å². The summed E-state index contributed by atoms with van der Waals surface area (Å²) in [5.41, 5.74) is 0.918. The van der Waals surface area contributed by atoms with E-state index in [-0.39, 0.29) is 36.0 Å². The van der Waals surface area contributed by atoms with Crippen LogP contribution in [0.4, 0.5) is 8.78 Å². The number of hydrogen-bond acceptors (Lipinski definition) is 4. The molecule has 1 aliphatic rings. The highest BCUT2D eigenvalue weighted by atomic mass is 32.2. The molecule has 0 fully saturated rings. The number of carbonyl (C=O) groups excluding carboxylic acids is 1. The summed E-state index contributed by atoms with van der Waals surface area (Å²) in [5, 5.41) is 3.12. The molecule has 1 amide bonds. The number of amides is 1. The second-order valence-corrected chi connectivity index (χ2v) is 6.91. The van der Waals surface area contributed by atoms with Crippen molar-refractivity contribution in [2.75, 3.05) is 5.75 Å². The molecule has 1 aromatic carbocycles. The lowest BCUT2D eigenvalue weighted by atomic mass is 10.1. The molecule has 1 aliphatic heterocycles. The molecule has 0 bridgehead atoms. The van der Waals surface area contributed by atoms with Gasteiger partial charge in [0.1, 0.15) is 11.6 Å². The minimum absolute atomic E-state index is 0.0557. The topological polar surface area (TPSA) is 64.0 Å². The zero-order valence-electron chi connectivity index (χ0n) is 13.8. The predicted octanol–water partition coefficient (Wildman–Crippen LogP) is 2.49. The monoisotopic (exact) mass is 365 g/mol. The number of nitrogens with zero attached hydrogens (tertiary/aromatic N) is 2. The molecule has 0 spiro atoms. The van der Waals surface area contributed by atoms with Crippen LogP contribution in [0.3, 0.4) is 0 Å². The average Bonchev–Trinajstić information content (AvgIpc) is 2.94. The molecule has 0 aliphatic carbocycles. The number of rotatable bonds is 4. The number of nitrogens with one attached hydrogen (secondary N) is 1. The average molecular weight is 365 g/mol. The number of halogens is 2. The summed E-state index contributed by atoms with van der Waals surface area (Å²) in [6.07, 6.45) is 0.0557. The minimum atomic E-state index is -0.700. The van der Waals surface area contributed by atoms with Gasteiger partial charge in [-0.2, -0.15) is 0 Å². The Labute approximate surface area is 147 Å². The van der Waals surface area contributed by atoms with Gasteiger partial charge in [-0.05, 0) is 26.0 Å². The van der Waals surface area contributed by atoms with Crippen molar-refractivity contribution in [3.8, 4) is 0 Å². The van der Waals surface area contributed by atoms with Crippen LogP contribution < -0.4 is 10.9 Å². The largest absolute Gasteiger partial charge is 0.352 e. The van der Waals surface area contributed by atoms with E-state index in [4.69, 9.17) is 0 Å². The molecule has 1 N–H and O–H groups in total. The second kappa shape index (κ2) is 6.95. The van der Waals surface area contributed by atoms with Gasteiger partial charge < -0.3 is 5.32 Å². The van der Waals surface area contributed by atoms with Crippen molar-refractivity contribution < 1.29 is 13.6 Å². The lowest BCUT2D eigenvalue weighted by molar-refractivity contribution is -0.121. The van der Waals surface area contributed by atoms with Gasteiger partial charge in [-0.25, -0.2) is 13.8 Å². The molecule has 0 radical (unpaired) electrons. The second-order valence-electron chi connectivity index (χ2n) is 5.93. The maximum absolute atomic E-state index is 13.6. The highest BCUT2D eigenvalue weighted by molar-refractivity contribution is 7.99. The van der Waals surface area contributed by atoms with Crippen LogP contribution in [0.15, 0.2) is 28.2 Å². The fourth-order valence-corrected chi connectivity index (χ4v) is 3.88. The molecule has 5 nitrogen and oxygen atoms in total. The number of aromatic nitrogens is 2. The quantitative estimate of drug-likeness (QED) is 0.846. The summed E-state index contributed by atoms with van der Waals surface area (Å²) < 4.78 is 28.7. The van der Waals surface area contributed by atoms with Gasteiger partial charge in [0.15, 0.2) is 5.16 Å². The van der Waals surface area contributed by atoms with Crippen molar-refractivity contribution in [1.29, 1.82) is 0 Å². The van der Waals surface area contributed by atoms with Crippen LogP contribution in [0.1, 0.15) is 29.3 Å². The number of fused-ring (bicyclic) bond motifs is 1. The Kier molecular flexibility index (Phi) is 4.89. The van der Waals surface area contributed by atoms with Gasteiger partial charge in [-0.1, -0.05) is 17.8 Å². The number of carbonyl (C=O) groups is 1. The SMILES string of the molecule is Cc1nc2n(c(=O)c1C)C(CC(=O)NCc1c(F)cccc1F)CS2. The number of benzene rings is 1. The molecule has 3 rings (SSSR count). The van der Waals surface area contributed by atoms with Crippen molar-refractivity contribution in [3.63, 3.8) is 0 Å². The molecular formula is C17H17F2N3O2S. The summed E-state index contributed by atoms with van der Waals surface area (Å²) in [5.74, 6) is -1.21. The molecular weight excluding hydrogens is 348 g/mol. The summed E-state index contributed by atoms with van der Waals surface area (Å²) in [4.78, 5) is 29.0. The highest BCUT2D eigenvalue weighted by Gasteiger charge is 2.28. The van der Waals surface area contributed by atoms with Gasteiger partial charge in [-0.3, -0.25) is 14.2 Å². The van der Waals surface area contributed by atoms with E-state index in [0.29, 0.717) is 22.2 Å². The summed E-state index contributed by atoms with van der Waals surface area (Å²) in [6.45, 7) is 3.25. The summed E-state index contributed by atoms with van der Waals surface area (Å²) in [6, 6.07) is 3.24. The fraction of sp³-hybridized carbons (Fsp3) is 0.353. The third kappa shape index (κ3) is 3.44. The van der Waals surface area contributed by atoms with E-state index >= 15 is 0 Å². The van der Waals surface area contributed by atoms with E-state index in [1.165, 1.54) is 22.4 Å². The smallest absolute Gasteiger partial charge is 0.257 e. The van der Waals surface area contributed by atoms with Crippen LogP contribution >= 0.6 is 11.8 Å².